The van der Waals surface area contributed by atoms with E-state index in [0.29, 0.717) is 28.7 Å². The molecule has 0 amide bonds. The van der Waals surface area contributed by atoms with E-state index in [0.717, 1.165) is 29.7 Å². The monoisotopic (exact) mass is 482 g/mol. The van der Waals surface area contributed by atoms with Crippen molar-refractivity contribution in [2.75, 3.05) is 7.11 Å². The second-order valence-electron chi connectivity index (χ2n) is 8.26. The van der Waals surface area contributed by atoms with E-state index in [1.165, 1.54) is 5.56 Å². The fourth-order valence-electron chi connectivity index (χ4n) is 3.90. The van der Waals surface area contributed by atoms with Gasteiger partial charge in [0.2, 0.25) is 5.82 Å². The quantitative estimate of drug-likeness (QED) is 0.320. The summed E-state index contributed by atoms with van der Waals surface area (Å²) < 4.78 is 20.1. The topological polar surface area (TPSA) is 118 Å². The van der Waals surface area contributed by atoms with Crippen LogP contribution in [-0.4, -0.2) is 46.8 Å². The van der Waals surface area contributed by atoms with Gasteiger partial charge in [-0.2, -0.15) is 9.61 Å². The third-order valence-electron chi connectivity index (χ3n) is 5.70. The predicted molar refractivity (Wildman–Crippen MR) is 130 cm³/mol. The number of benzene rings is 1. The minimum absolute atomic E-state index is 0.195. The molecule has 0 unspecified atom stereocenters. The lowest BCUT2D eigenvalue weighted by molar-refractivity contribution is 0.264. The molecule has 6 aromatic rings. The first kappa shape index (κ1) is 21.7. The lowest BCUT2D eigenvalue weighted by Gasteiger charge is -2.09. The molecule has 5 aromatic heterocycles. The van der Waals surface area contributed by atoms with Crippen molar-refractivity contribution in [1.29, 1.82) is 0 Å². The summed E-state index contributed by atoms with van der Waals surface area (Å²) in [6.45, 7) is 2.78. The van der Waals surface area contributed by atoms with E-state index in [1.54, 1.807) is 23.8 Å². The number of fused-ring (bicyclic) bond motifs is 2. The molecular formula is C25H22N8O3. The standard InChI is InChI=1S/C25H22N8O3/c1-16-12-20(31-36-16)24-28-27-23-13-22(34-2)25(30-33(23)24)35-15-18-8-9-19-21(26-18)14-32(29-19)11-10-17-6-4-3-5-7-17/h3-9,12-14H,10-11,15H2,1-2H3. The Kier molecular flexibility index (Phi) is 5.49. The zero-order chi connectivity index (χ0) is 24.5. The summed E-state index contributed by atoms with van der Waals surface area (Å²) in [6.07, 6.45) is 2.85. The largest absolute Gasteiger partial charge is 0.491 e. The van der Waals surface area contributed by atoms with Gasteiger partial charge in [0.15, 0.2) is 17.1 Å². The number of nitrogens with zero attached hydrogens (tertiary/aromatic N) is 8. The predicted octanol–water partition coefficient (Wildman–Crippen LogP) is 3.66. The zero-order valence-corrected chi connectivity index (χ0v) is 19.7. The average Bonchev–Trinajstić information content (AvgIpc) is 3.63. The van der Waals surface area contributed by atoms with E-state index >= 15 is 0 Å². The van der Waals surface area contributed by atoms with Crippen molar-refractivity contribution in [1.82, 2.24) is 39.7 Å². The van der Waals surface area contributed by atoms with E-state index < -0.39 is 0 Å². The highest BCUT2D eigenvalue weighted by molar-refractivity contribution is 5.73. The number of ether oxygens (including phenoxy) is 2. The van der Waals surface area contributed by atoms with E-state index in [1.807, 2.05) is 48.1 Å². The highest BCUT2D eigenvalue weighted by Gasteiger charge is 2.18. The maximum Gasteiger partial charge on any atom is 0.275 e. The van der Waals surface area contributed by atoms with Gasteiger partial charge in [-0.05, 0) is 31.0 Å². The molecule has 0 saturated carbocycles. The Labute approximate surface area is 205 Å². The summed E-state index contributed by atoms with van der Waals surface area (Å²) in [5.41, 5.74) is 4.68. The van der Waals surface area contributed by atoms with Crippen LogP contribution in [0.1, 0.15) is 17.0 Å². The molecule has 0 aliphatic carbocycles. The third kappa shape index (κ3) is 4.22. The van der Waals surface area contributed by atoms with Gasteiger partial charge in [0.05, 0.1) is 19.0 Å². The van der Waals surface area contributed by atoms with Gasteiger partial charge < -0.3 is 14.0 Å². The zero-order valence-electron chi connectivity index (χ0n) is 19.7. The Morgan fingerprint density at radius 2 is 1.86 bits per heavy atom. The molecule has 0 bridgehead atoms. The van der Waals surface area contributed by atoms with Crippen molar-refractivity contribution >= 4 is 16.7 Å². The Hall–Kier alpha value is -4.80. The van der Waals surface area contributed by atoms with Crippen LogP contribution < -0.4 is 9.47 Å². The molecule has 0 radical (unpaired) electrons. The van der Waals surface area contributed by atoms with Gasteiger partial charge in [-0.25, -0.2) is 4.98 Å². The Morgan fingerprint density at radius 3 is 2.67 bits per heavy atom. The first-order valence-corrected chi connectivity index (χ1v) is 11.4. The molecule has 0 N–H and O–H groups in total. The summed E-state index contributed by atoms with van der Waals surface area (Å²) in [5.74, 6) is 1.83. The van der Waals surface area contributed by atoms with Crippen molar-refractivity contribution in [3.8, 4) is 23.1 Å². The number of pyridine rings is 1. The second kappa shape index (κ2) is 9.10. The number of hydrogen-bond donors (Lipinski definition) is 0. The normalized spacial score (nSPS) is 11.4. The fourth-order valence-corrected chi connectivity index (χ4v) is 3.90. The van der Waals surface area contributed by atoms with E-state index in [2.05, 4.69) is 37.7 Å². The summed E-state index contributed by atoms with van der Waals surface area (Å²) in [4.78, 5) is 4.71. The lowest BCUT2D eigenvalue weighted by atomic mass is 10.1. The molecule has 0 fully saturated rings. The highest BCUT2D eigenvalue weighted by Crippen LogP contribution is 2.28. The lowest BCUT2D eigenvalue weighted by Crippen LogP contribution is -2.05. The van der Waals surface area contributed by atoms with E-state index in [4.69, 9.17) is 19.0 Å². The van der Waals surface area contributed by atoms with Gasteiger partial charge in [0.25, 0.3) is 5.88 Å². The van der Waals surface area contributed by atoms with Crippen LogP contribution in [0.4, 0.5) is 0 Å². The fraction of sp³-hybridized carbons (Fsp3) is 0.200. The first-order valence-electron chi connectivity index (χ1n) is 11.4. The number of methoxy groups -OCH3 is 1. The van der Waals surface area contributed by atoms with Crippen LogP contribution in [0.3, 0.4) is 0 Å². The smallest absolute Gasteiger partial charge is 0.275 e. The molecule has 0 atom stereocenters. The second-order valence-corrected chi connectivity index (χ2v) is 8.26. The van der Waals surface area contributed by atoms with Crippen LogP contribution in [0.15, 0.2) is 65.3 Å². The van der Waals surface area contributed by atoms with Crippen LogP contribution >= 0.6 is 0 Å². The maximum absolute atomic E-state index is 6.00. The Balaban J connectivity index is 1.21. The molecule has 0 spiro atoms. The average molecular weight is 483 g/mol. The SMILES string of the molecule is COc1cc2nnc(-c3cc(C)on3)n2nc1OCc1ccc2nn(CCc3ccccc3)cc2n1. The molecule has 0 aliphatic rings. The van der Waals surface area contributed by atoms with Gasteiger partial charge in [-0.3, -0.25) is 4.68 Å². The van der Waals surface area contributed by atoms with Crippen molar-refractivity contribution in [3.63, 3.8) is 0 Å². The Morgan fingerprint density at radius 1 is 0.972 bits per heavy atom. The third-order valence-corrected chi connectivity index (χ3v) is 5.70. The molecule has 6 rings (SSSR count). The van der Waals surface area contributed by atoms with Gasteiger partial charge >= 0.3 is 0 Å². The Bertz CT molecular complexity index is 1650. The van der Waals surface area contributed by atoms with Gasteiger partial charge in [-0.1, -0.05) is 35.5 Å². The summed E-state index contributed by atoms with van der Waals surface area (Å²) in [7, 11) is 1.55. The summed E-state index contributed by atoms with van der Waals surface area (Å²) in [5, 5.41) is 21.5. The molecule has 36 heavy (non-hydrogen) atoms. The van der Waals surface area contributed by atoms with Crippen molar-refractivity contribution in [2.45, 2.75) is 26.5 Å². The van der Waals surface area contributed by atoms with Crippen LogP contribution in [0.25, 0.3) is 28.2 Å². The molecule has 5 heterocycles. The molecule has 0 aliphatic heterocycles. The number of rotatable bonds is 8. The molecule has 0 saturated heterocycles. The van der Waals surface area contributed by atoms with Crippen LogP contribution in [0.2, 0.25) is 0 Å². The van der Waals surface area contributed by atoms with E-state index in [-0.39, 0.29) is 12.5 Å². The molecule has 11 heteroatoms. The van der Waals surface area contributed by atoms with Crippen molar-refractivity contribution < 1.29 is 14.0 Å². The number of aromatic nitrogens is 8. The van der Waals surface area contributed by atoms with Crippen molar-refractivity contribution in [3.05, 3.63) is 77.8 Å². The van der Waals surface area contributed by atoms with Gasteiger partial charge in [0.1, 0.15) is 23.4 Å². The van der Waals surface area contributed by atoms with Crippen LogP contribution in [0, 0.1) is 6.92 Å². The van der Waals surface area contributed by atoms with E-state index in [9.17, 15) is 0 Å². The number of hydrogen-bond acceptors (Lipinski definition) is 9. The van der Waals surface area contributed by atoms with Crippen LogP contribution in [0.5, 0.6) is 11.6 Å². The van der Waals surface area contributed by atoms with Crippen LogP contribution in [-0.2, 0) is 19.6 Å². The molecule has 1 aromatic carbocycles. The van der Waals surface area contributed by atoms with Gasteiger partial charge in [0, 0.05) is 18.7 Å². The summed E-state index contributed by atoms with van der Waals surface area (Å²) in [6, 6.07) is 17.7. The van der Waals surface area contributed by atoms with Crippen molar-refractivity contribution in [2.24, 2.45) is 0 Å². The maximum atomic E-state index is 6.00. The molecule has 180 valence electrons. The summed E-state index contributed by atoms with van der Waals surface area (Å²) >= 11 is 0. The molecule has 11 nitrogen and oxygen atoms in total. The van der Waals surface area contributed by atoms with Gasteiger partial charge in [-0.15, -0.1) is 15.3 Å². The minimum Gasteiger partial charge on any atom is -0.491 e. The first-order chi connectivity index (χ1) is 17.7. The minimum atomic E-state index is 0.195. The number of aryl methyl sites for hydroxylation is 3. The highest BCUT2D eigenvalue weighted by atomic mass is 16.5. The molecular weight excluding hydrogens is 460 g/mol.